The molecule has 1 radical (unpaired) electrons. The highest BCUT2D eigenvalue weighted by Gasteiger charge is 2.08. The van der Waals surface area contributed by atoms with Crippen LogP contribution in [-0.2, 0) is 4.74 Å². The number of hydrogen-bond acceptors (Lipinski definition) is 1. The van der Waals surface area contributed by atoms with E-state index in [2.05, 4.69) is 0 Å². The Hall–Kier alpha value is -0.0800. The van der Waals surface area contributed by atoms with Gasteiger partial charge in [-0.15, -0.1) is 0 Å². The van der Waals surface area contributed by atoms with Crippen LogP contribution in [0.25, 0.3) is 0 Å². The summed E-state index contributed by atoms with van der Waals surface area (Å²) >= 11 is 0. The van der Waals surface area contributed by atoms with Gasteiger partial charge in [0, 0.05) is 6.61 Å². The van der Waals surface area contributed by atoms with Crippen molar-refractivity contribution in [2.45, 2.75) is 19.1 Å². The van der Waals surface area contributed by atoms with Crippen LogP contribution in [0, 0.1) is 0 Å². The maximum atomic E-state index is 6.91. The van der Waals surface area contributed by atoms with Gasteiger partial charge in [-0.05, 0) is 12.8 Å². The fourth-order valence-corrected chi connectivity index (χ4v) is 0.578. The number of rotatable bonds is 0. The summed E-state index contributed by atoms with van der Waals surface area (Å²) < 4.78 is 4.82. The molecule has 0 saturated carbocycles. The summed E-state index contributed by atoms with van der Waals surface area (Å²) in [6.07, 6.45) is 1.80. The van der Waals surface area contributed by atoms with Crippen LogP contribution in [0.5, 0.6) is 0 Å². The fraction of sp³-hybridized carbons (Fsp3) is 1.00. The van der Waals surface area contributed by atoms with E-state index in [0.717, 1.165) is 19.4 Å². The predicted octanol–water partition coefficient (Wildman–Crippen LogP) is 0.406. The van der Waals surface area contributed by atoms with Gasteiger partial charge in [-0.3, -0.25) is 0 Å². The van der Waals surface area contributed by atoms with Crippen LogP contribution in [0.15, 0.2) is 0 Å². The highest BCUT2D eigenvalue weighted by Crippen LogP contribution is 2.06. The Labute approximate surface area is 37.3 Å². The van der Waals surface area contributed by atoms with Gasteiger partial charge in [0.1, 0.15) is 6.23 Å². The lowest BCUT2D eigenvalue weighted by atomic mass is 10.3. The van der Waals surface area contributed by atoms with E-state index in [9.17, 15) is 0 Å². The molecule has 1 unspecified atom stereocenters. The lowest BCUT2D eigenvalue weighted by Gasteiger charge is -1.93. The number of nitrogens with one attached hydrogen (secondary N) is 1. The van der Waals surface area contributed by atoms with E-state index in [4.69, 9.17) is 10.5 Å². The van der Waals surface area contributed by atoms with E-state index in [1.165, 1.54) is 0 Å². The minimum atomic E-state index is -0.204. The molecule has 1 saturated heterocycles. The molecular weight excluding hydrogens is 78.0 g/mol. The molecule has 0 aromatic carbocycles. The Bertz CT molecular complexity index is 40.8. The lowest BCUT2D eigenvalue weighted by molar-refractivity contribution is 0.110. The molecule has 2 nitrogen and oxygen atoms in total. The molecule has 1 rings (SSSR count). The normalized spacial score (nSPS) is 34.5. The summed E-state index contributed by atoms with van der Waals surface area (Å²) in [4.78, 5) is 0. The summed E-state index contributed by atoms with van der Waals surface area (Å²) in [6.45, 7) is 0.800. The third-order valence-electron chi connectivity index (χ3n) is 0.930. The van der Waals surface area contributed by atoms with Crippen molar-refractivity contribution in [3.63, 3.8) is 0 Å². The van der Waals surface area contributed by atoms with Crippen LogP contribution >= 0.6 is 0 Å². The molecule has 1 heterocycles. The first kappa shape index (κ1) is 4.09. The first-order valence-electron chi connectivity index (χ1n) is 2.22. The highest BCUT2D eigenvalue weighted by atomic mass is 16.5. The van der Waals surface area contributed by atoms with Gasteiger partial charge in [0.2, 0.25) is 0 Å². The molecule has 1 aliphatic rings. The monoisotopic (exact) mass is 86.1 g/mol. The van der Waals surface area contributed by atoms with Crippen molar-refractivity contribution in [3.8, 4) is 0 Å². The molecule has 0 amide bonds. The maximum Gasteiger partial charge on any atom is 0.120 e. The van der Waals surface area contributed by atoms with Gasteiger partial charge < -0.3 is 4.74 Å². The van der Waals surface area contributed by atoms with Gasteiger partial charge in [-0.1, -0.05) is 0 Å². The molecular formula is C4H8NO. The molecule has 35 valence electrons. The first-order valence-corrected chi connectivity index (χ1v) is 2.22. The zero-order valence-corrected chi connectivity index (χ0v) is 3.61. The van der Waals surface area contributed by atoms with Crippen LogP contribution in [-0.4, -0.2) is 12.8 Å². The van der Waals surface area contributed by atoms with Gasteiger partial charge >= 0.3 is 0 Å². The molecule has 6 heavy (non-hydrogen) atoms. The maximum absolute atomic E-state index is 6.91. The Morgan fingerprint density at radius 3 is 2.67 bits per heavy atom. The van der Waals surface area contributed by atoms with E-state index < -0.39 is 0 Å². The Morgan fingerprint density at radius 1 is 1.67 bits per heavy atom. The van der Waals surface area contributed by atoms with Crippen molar-refractivity contribution in [2.24, 2.45) is 0 Å². The van der Waals surface area contributed by atoms with E-state index in [1.54, 1.807) is 0 Å². The van der Waals surface area contributed by atoms with E-state index >= 15 is 0 Å². The van der Waals surface area contributed by atoms with Crippen molar-refractivity contribution >= 4 is 0 Å². The van der Waals surface area contributed by atoms with Crippen molar-refractivity contribution in [3.05, 3.63) is 0 Å². The van der Waals surface area contributed by atoms with Gasteiger partial charge in [0.05, 0.1) is 0 Å². The van der Waals surface area contributed by atoms with Crippen LogP contribution in [0.1, 0.15) is 12.8 Å². The molecule has 1 N–H and O–H groups in total. The lowest BCUT2D eigenvalue weighted by Crippen LogP contribution is -2.03. The van der Waals surface area contributed by atoms with Gasteiger partial charge in [-0.25, -0.2) is 5.73 Å². The van der Waals surface area contributed by atoms with Gasteiger partial charge in [0.15, 0.2) is 0 Å². The quantitative estimate of drug-likeness (QED) is 0.420. The third kappa shape index (κ3) is 0.698. The smallest absolute Gasteiger partial charge is 0.120 e. The molecule has 1 aliphatic heterocycles. The average molecular weight is 86.1 g/mol. The Kier molecular flexibility index (Phi) is 1.08. The second-order valence-electron chi connectivity index (χ2n) is 1.50. The molecule has 0 aliphatic carbocycles. The average Bonchev–Trinajstić information content (AvgIpc) is 1.86. The Morgan fingerprint density at radius 2 is 2.50 bits per heavy atom. The van der Waals surface area contributed by atoms with Crippen LogP contribution in [0.2, 0.25) is 0 Å². The molecule has 0 bridgehead atoms. The number of hydrogen-bond donors (Lipinski definition) is 0. The molecule has 0 spiro atoms. The fourth-order valence-electron chi connectivity index (χ4n) is 0.578. The molecule has 1 atom stereocenters. The van der Waals surface area contributed by atoms with E-state index in [1.807, 2.05) is 0 Å². The molecule has 1 fully saturated rings. The van der Waals surface area contributed by atoms with E-state index in [0.29, 0.717) is 0 Å². The predicted molar refractivity (Wildman–Crippen MR) is 22.1 cm³/mol. The summed E-state index contributed by atoms with van der Waals surface area (Å²) in [7, 11) is 0. The molecule has 2 heteroatoms. The van der Waals surface area contributed by atoms with Crippen molar-refractivity contribution in [1.82, 2.24) is 5.73 Å². The van der Waals surface area contributed by atoms with Crippen molar-refractivity contribution < 1.29 is 4.74 Å². The van der Waals surface area contributed by atoms with Gasteiger partial charge in [0.25, 0.3) is 0 Å². The summed E-state index contributed by atoms with van der Waals surface area (Å²) in [5.74, 6) is 0. The van der Waals surface area contributed by atoms with E-state index in [-0.39, 0.29) is 6.23 Å². The second kappa shape index (κ2) is 1.58. The largest absolute Gasteiger partial charge is 0.362 e. The van der Waals surface area contributed by atoms with Crippen LogP contribution < -0.4 is 5.73 Å². The molecule has 0 aromatic heterocycles. The third-order valence-corrected chi connectivity index (χ3v) is 0.930. The van der Waals surface area contributed by atoms with Gasteiger partial charge in [-0.2, -0.15) is 0 Å². The van der Waals surface area contributed by atoms with Crippen LogP contribution in [0.3, 0.4) is 0 Å². The second-order valence-corrected chi connectivity index (χ2v) is 1.50. The topological polar surface area (TPSA) is 33.0 Å². The van der Waals surface area contributed by atoms with Crippen LogP contribution in [0.4, 0.5) is 0 Å². The highest BCUT2D eigenvalue weighted by molar-refractivity contribution is 4.54. The summed E-state index contributed by atoms with van der Waals surface area (Å²) in [5, 5.41) is 0. The number of ether oxygens (including phenoxy) is 1. The van der Waals surface area contributed by atoms with Crippen molar-refractivity contribution in [2.75, 3.05) is 6.61 Å². The molecule has 0 aromatic rings. The van der Waals surface area contributed by atoms with Crippen molar-refractivity contribution in [1.29, 1.82) is 0 Å². The minimum absolute atomic E-state index is 0.204. The minimum Gasteiger partial charge on any atom is -0.362 e. The Balaban J connectivity index is 2.18. The SMILES string of the molecule is [NH]C1CCCO1. The first-order chi connectivity index (χ1) is 2.89. The zero-order chi connectivity index (χ0) is 4.41. The zero-order valence-electron chi connectivity index (χ0n) is 3.61. The summed E-state index contributed by atoms with van der Waals surface area (Å²) in [6, 6.07) is 0. The standard InChI is InChI=1S/C4H8NO/c5-4-2-1-3-6-4/h4-5H,1-3H2. The summed E-state index contributed by atoms with van der Waals surface area (Å²) in [5.41, 5.74) is 6.91.